The summed E-state index contributed by atoms with van der Waals surface area (Å²) in [7, 11) is 3.08. The molecule has 0 aliphatic rings. The third kappa shape index (κ3) is 3.84. The smallest absolute Gasteiger partial charge is 0.270 e. The number of hydrogen-bond acceptors (Lipinski definition) is 7. The summed E-state index contributed by atoms with van der Waals surface area (Å²) < 4.78 is 10.7. The largest absolute Gasteiger partial charge is 0.493 e. The van der Waals surface area contributed by atoms with E-state index in [1.54, 1.807) is 42.8 Å². The van der Waals surface area contributed by atoms with Crippen LogP contribution in [0.3, 0.4) is 0 Å². The number of thiazole rings is 1. The van der Waals surface area contributed by atoms with Crippen molar-refractivity contribution in [2.24, 2.45) is 0 Å². The van der Waals surface area contributed by atoms with Gasteiger partial charge in [-0.15, -0.1) is 11.3 Å². The second kappa shape index (κ2) is 8.33. The molecule has 0 N–H and O–H groups in total. The normalized spacial score (nSPS) is 11.0. The predicted molar refractivity (Wildman–Crippen MR) is 107 cm³/mol. The Hall–Kier alpha value is -3.70. The summed E-state index contributed by atoms with van der Waals surface area (Å²) in [4.78, 5) is 15.0. The fourth-order valence-electron chi connectivity index (χ4n) is 2.63. The van der Waals surface area contributed by atoms with Crippen molar-refractivity contribution in [2.75, 3.05) is 14.2 Å². The Bertz CT molecular complexity index is 1100. The summed E-state index contributed by atoms with van der Waals surface area (Å²) in [6.07, 6.45) is 1.68. The van der Waals surface area contributed by atoms with Gasteiger partial charge in [0.05, 0.1) is 30.4 Å². The van der Waals surface area contributed by atoms with Gasteiger partial charge in [0.2, 0.25) is 0 Å². The van der Waals surface area contributed by atoms with Crippen LogP contribution in [0.1, 0.15) is 10.6 Å². The van der Waals surface area contributed by atoms with Gasteiger partial charge in [0, 0.05) is 28.6 Å². The Labute approximate surface area is 165 Å². The molecule has 0 bridgehead atoms. The molecule has 2 aromatic carbocycles. The van der Waals surface area contributed by atoms with Crippen LogP contribution in [-0.4, -0.2) is 24.1 Å². The van der Waals surface area contributed by atoms with E-state index >= 15 is 0 Å². The second-order valence-corrected chi connectivity index (χ2v) is 6.46. The van der Waals surface area contributed by atoms with Crippen molar-refractivity contribution in [3.05, 3.63) is 68.5 Å². The lowest BCUT2D eigenvalue weighted by molar-refractivity contribution is -0.384. The van der Waals surface area contributed by atoms with E-state index in [2.05, 4.69) is 11.1 Å². The van der Waals surface area contributed by atoms with Gasteiger partial charge in [-0.3, -0.25) is 10.1 Å². The minimum absolute atomic E-state index is 0.00999. The average Bonchev–Trinajstić information content (AvgIpc) is 3.21. The first-order chi connectivity index (χ1) is 13.6. The van der Waals surface area contributed by atoms with Crippen LogP contribution in [0, 0.1) is 21.4 Å². The van der Waals surface area contributed by atoms with Crippen molar-refractivity contribution < 1.29 is 14.4 Å². The fraction of sp³-hybridized carbons (Fsp3) is 0.100. The van der Waals surface area contributed by atoms with E-state index in [1.807, 2.05) is 6.07 Å². The van der Waals surface area contributed by atoms with Gasteiger partial charge in [0.1, 0.15) is 11.1 Å². The number of nitrogens with zero attached hydrogens (tertiary/aromatic N) is 3. The van der Waals surface area contributed by atoms with Crippen LogP contribution in [0.4, 0.5) is 5.69 Å². The standard InChI is InChI=1S/C20H15N3O4S/c1-26-18-8-4-6-14(19(18)27-2)9-15(11-21)20-22-17(12-28-20)13-5-3-7-16(10-13)23(24)25/h3-10,12H,1-2H3. The first-order valence-corrected chi connectivity index (χ1v) is 8.99. The molecular formula is C20H15N3O4S. The molecular weight excluding hydrogens is 378 g/mol. The van der Waals surface area contributed by atoms with Crippen molar-refractivity contribution in [3.8, 4) is 28.8 Å². The summed E-state index contributed by atoms with van der Waals surface area (Å²) >= 11 is 1.29. The minimum Gasteiger partial charge on any atom is -0.493 e. The lowest BCUT2D eigenvalue weighted by Crippen LogP contribution is -1.93. The maximum absolute atomic E-state index is 11.0. The van der Waals surface area contributed by atoms with Gasteiger partial charge in [0.25, 0.3) is 5.69 Å². The van der Waals surface area contributed by atoms with Gasteiger partial charge in [-0.1, -0.05) is 24.3 Å². The van der Waals surface area contributed by atoms with Crippen molar-refractivity contribution in [1.82, 2.24) is 4.98 Å². The molecule has 0 aliphatic carbocycles. The number of para-hydroxylation sites is 1. The third-order valence-electron chi connectivity index (χ3n) is 3.94. The number of rotatable bonds is 6. The highest BCUT2D eigenvalue weighted by atomic mass is 32.1. The summed E-state index contributed by atoms with van der Waals surface area (Å²) in [6, 6.07) is 13.8. The second-order valence-electron chi connectivity index (χ2n) is 5.60. The summed E-state index contributed by atoms with van der Waals surface area (Å²) in [6.45, 7) is 0. The van der Waals surface area contributed by atoms with Crippen molar-refractivity contribution in [2.45, 2.75) is 0 Å². The Balaban J connectivity index is 2.00. The number of aromatic nitrogens is 1. The Morgan fingerprint density at radius 3 is 2.71 bits per heavy atom. The quantitative estimate of drug-likeness (QED) is 0.339. The lowest BCUT2D eigenvalue weighted by Gasteiger charge is -2.10. The van der Waals surface area contributed by atoms with E-state index in [-0.39, 0.29) is 5.69 Å². The highest BCUT2D eigenvalue weighted by Gasteiger charge is 2.14. The molecule has 3 aromatic rings. The maximum Gasteiger partial charge on any atom is 0.270 e. The highest BCUT2D eigenvalue weighted by molar-refractivity contribution is 7.11. The molecule has 0 aliphatic heterocycles. The van der Waals surface area contributed by atoms with Gasteiger partial charge >= 0.3 is 0 Å². The van der Waals surface area contributed by atoms with E-state index in [4.69, 9.17) is 9.47 Å². The molecule has 1 heterocycles. The Morgan fingerprint density at radius 2 is 2.04 bits per heavy atom. The third-order valence-corrected chi connectivity index (χ3v) is 4.82. The molecule has 3 rings (SSSR count). The number of nitro groups is 1. The van der Waals surface area contributed by atoms with Gasteiger partial charge in [0.15, 0.2) is 11.5 Å². The minimum atomic E-state index is -0.452. The number of ether oxygens (including phenoxy) is 2. The van der Waals surface area contributed by atoms with Crippen LogP contribution in [0.25, 0.3) is 22.9 Å². The SMILES string of the molecule is COc1cccc(C=C(C#N)c2nc(-c3cccc([N+](=O)[O-])c3)cs2)c1OC. The molecule has 7 nitrogen and oxygen atoms in total. The summed E-state index contributed by atoms with van der Waals surface area (Å²) in [5, 5.41) is 22.9. The highest BCUT2D eigenvalue weighted by Crippen LogP contribution is 2.34. The molecule has 0 fully saturated rings. The molecule has 28 heavy (non-hydrogen) atoms. The lowest BCUT2D eigenvalue weighted by atomic mass is 10.1. The average molecular weight is 393 g/mol. The van der Waals surface area contributed by atoms with E-state index in [0.717, 1.165) is 0 Å². The Kier molecular flexibility index (Phi) is 5.67. The van der Waals surface area contributed by atoms with E-state index in [9.17, 15) is 15.4 Å². The molecule has 8 heteroatoms. The molecule has 0 amide bonds. The van der Waals surface area contributed by atoms with Crippen LogP contribution < -0.4 is 9.47 Å². The van der Waals surface area contributed by atoms with Crippen molar-refractivity contribution >= 4 is 28.7 Å². The number of nitriles is 1. The molecule has 0 spiro atoms. The zero-order chi connectivity index (χ0) is 20.1. The first kappa shape index (κ1) is 19.1. The predicted octanol–water partition coefficient (Wildman–Crippen LogP) is 4.80. The number of non-ortho nitro benzene ring substituents is 1. The van der Waals surface area contributed by atoms with Gasteiger partial charge < -0.3 is 9.47 Å². The van der Waals surface area contributed by atoms with Gasteiger partial charge in [-0.25, -0.2) is 4.98 Å². The molecule has 0 saturated heterocycles. The Morgan fingerprint density at radius 1 is 1.25 bits per heavy atom. The summed E-state index contributed by atoms with van der Waals surface area (Å²) in [5.74, 6) is 1.08. The maximum atomic E-state index is 11.0. The number of methoxy groups -OCH3 is 2. The van der Waals surface area contributed by atoms with E-state index in [0.29, 0.717) is 38.9 Å². The monoisotopic (exact) mass is 393 g/mol. The number of hydrogen-bond donors (Lipinski definition) is 0. The zero-order valence-electron chi connectivity index (χ0n) is 15.1. The molecule has 140 valence electrons. The van der Waals surface area contributed by atoms with Crippen molar-refractivity contribution in [1.29, 1.82) is 5.26 Å². The number of nitro benzene ring substituents is 1. The van der Waals surface area contributed by atoms with Crippen LogP contribution in [0.2, 0.25) is 0 Å². The fourth-order valence-corrected chi connectivity index (χ4v) is 3.43. The van der Waals surface area contributed by atoms with Gasteiger partial charge in [-0.2, -0.15) is 5.26 Å². The first-order valence-electron chi connectivity index (χ1n) is 8.11. The summed E-state index contributed by atoms with van der Waals surface area (Å²) in [5.41, 5.74) is 2.22. The zero-order valence-corrected chi connectivity index (χ0v) is 15.9. The van der Waals surface area contributed by atoms with E-state index in [1.165, 1.54) is 30.6 Å². The molecule has 0 saturated carbocycles. The van der Waals surface area contributed by atoms with Crippen LogP contribution in [0.5, 0.6) is 11.5 Å². The van der Waals surface area contributed by atoms with Crippen LogP contribution >= 0.6 is 11.3 Å². The van der Waals surface area contributed by atoms with Gasteiger partial charge in [-0.05, 0) is 12.1 Å². The number of benzene rings is 2. The topological polar surface area (TPSA) is 98.3 Å². The molecule has 0 radical (unpaired) electrons. The van der Waals surface area contributed by atoms with Crippen LogP contribution in [-0.2, 0) is 0 Å². The molecule has 1 aromatic heterocycles. The number of allylic oxidation sites excluding steroid dienone is 1. The molecule has 0 unspecified atom stereocenters. The van der Waals surface area contributed by atoms with E-state index < -0.39 is 4.92 Å². The van der Waals surface area contributed by atoms with Crippen LogP contribution in [0.15, 0.2) is 47.8 Å². The van der Waals surface area contributed by atoms with Crippen molar-refractivity contribution in [3.63, 3.8) is 0 Å². The molecule has 0 atom stereocenters.